The zero-order chi connectivity index (χ0) is 15.0. The summed E-state index contributed by atoms with van der Waals surface area (Å²) in [6, 6.07) is 12.3. The highest BCUT2D eigenvalue weighted by Gasteiger charge is 2.27. The molecule has 0 fully saturated rings. The van der Waals surface area contributed by atoms with Crippen LogP contribution in [0, 0.1) is 13.8 Å². The van der Waals surface area contributed by atoms with Crippen LogP contribution in [-0.4, -0.2) is 7.11 Å². The summed E-state index contributed by atoms with van der Waals surface area (Å²) in [4.78, 5) is 0. The lowest BCUT2D eigenvalue weighted by molar-refractivity contribution is 0.161. The molecule has 0 amide bonds. The third-order valence-corrected chi connectivity index (χ3v) is 3.97. The van der Waals surface area contributed by atoms with Crippen molar-refractivity contribution in [3.05, 3.63) is 58.7 Å². The molecular formula is C18H21NO2. The fraction of sp³-hybridized carbons (Fsp3) is 0.333. The maximum Gasteiger partial charge on any atom is 0.126 e. The lowest BCUT2D eigenvalue weighted by Crippen LogP contribution is -2.24. The third kappa shape index (κ3) is 2.74. The molecule has 0 aromatic heterocycles. The highest BCUT2D eigenvalue weighted by Crippen LogP contribution is 2.41. The van der Waals surface area contributed by atoms with E-state index in [9.17, 15) is 0 Å². The average molecular weight is 283 g/mol. The van der Waals surface area contributed by atoms with E-state index >= 15 is 0 Å². The molecule has 0 aliphatic carbocycles. The van der Waals surface area contributed by atoms with Crippen molar-refractivity contribution in [2.45, 2.75) is 32.4 Å². The molecule has 2 atom stereocenters. The van der Waals surface area contributed by atoms with Crippen LogP contribution in [0.3, 0.4) is 0 Å². The number of aryl methyl sites for hydroxylation is 2. The number of rotatable bonds is 2. The number of methoxy groups -OCH3 is 1. The second-order valence-corrected chi connectivity index (χ2v) is 5.77. The normalized spacial score (nSPS) is 20.6. The summed E-state index contributed by atoms with van der Waals surface area (Å²) < 4.78 is 11.4. The molecule has 1 unspecified atom stereocenters. The molecule has 0 radical (unpaired) electrons. The van der Waals surface area contributed by atoms with Gasteiger partial charge in [-0.25, -0.2) is 0 Å². The van der Waals surface area contributed by atoms with Gasteiger partial charge in [-0.15, -0.1) is 0 Å². The van der Waals surface area contributed by atoms with Gasteiger partial charge in [0, 0.05) is 18.0 Å². The van der Waals surface area contributed by atoms with Gasteiger partial charge in [-0.2, -0.15) is 0 Å². The Bertz CT molecular complexity index is 646. The first-order chi connectivity index (χ1) is 10.1. The number of ether oxygens (including phenoxy) is 2. The van der Waals surface area contributed by atoms with E-state index in [1.54, 1.807) is 7.11 Å². The van der Waals surface area contributed by atoms with E-state index in [0.29, 0.717) is 0 Å². The van der Waals surface area contributed by atoms with Gasteiger partial charge >= 0.3 is 0 Å². The summed E-state index contributed by atoms with van der Waals surface area (Å²) >= 11 is 0. The predicted octanol–water partition coefficient (Wildman–Crippen LogP) is 3.84. The summed E-state index contributed by atoms with van der Waals surface area (Å²) in [5.74, 6) is 1.68. The average Bonchev–Trinajstić information content (AvgIpc) is 2.46. The van der Waals surface area contributed by atoms with E-state index in [0.717, 1.165) is 23.5 Å². The molecule has 0 saturated carbocycles. The van der Waals surface area contributed by atoms with E-state index in [1.165, 1.54) is 16.7 Å². The molecule has 3 rings (SSSR count). The Balaban J connectivity index is 1.94. The molecule has 3 heteroatoms. The molecule has 2 aromatic rings. The summed E-state index contributed by atoms with van der Waals surface area (Å²) in [5, 5.41) is 0. The van der Waals surface area contributed by atoms with Crippen LogP contribution in [0.5, 0.6) is 11.5 Å². The molecule has 3 nitrogen and oxygen atoms in total. The fourth-order valence-electron chi connectivity index (χ4n) is 3.01. The number of benzene rings is 2. The van der Waals surface area contributed by atoms with Crippen molar-refractivity contribution >= 4 is 0 Å². The summed E-state index contributed by atoms with van der Waals surface area (Å²) in [5.41, 5.74) is 11.1. The highest BCUT2D eigenvalue weighted by atomic mass is 16.5. The van der Waals surface area contributed by atoms with E-state index in [2.05, 4.69) is 32.0 Å². The number of fused-ring (bicyclic) bond motifs is 1. The Morgan fingerprint density at radius 3 is 2.48 bits per heavy atom. The smallest absolute Gasteiger partial charge is 0.126 e. The van der Waals surface area contributed by atoms with Crippen LogP contribution in [0.2, 0.25) is 0 Å². The van der Waals surface area contributed by atoms with Crippen molar-refractivity contribution in [2.24, 2.45) is 5.73 Å². The predicted molar refractivity (Wildman–Crippen MR) is 83.8 cm³/mol. The van der Waals surface area contributed by atoms with Crippen LogP contribution >= 0.6 is 0 Å². The molecule has 2 N–H and O–H groups in total. The lowest BCUT2D eigenvalue weighted by atomic mass is 9.92. The van der Waals surface area contributed by atoms with Crippen molar-refractivity contribution < 1.29 is 9.47 Å². The first kappa shape index (κ1) is 14.0. The molecule has 1 aliphatic rings. The van der Waals surface area contributed by atoms with Gasteiger partial charge < -0.3 is 15.2 Å². The van der Waals surface area contributed by atoms with Crippen LogP contribution in [0.4, 0.5) is 0 Å². The summed E-state index contributed by atoms with van der Waals surface area (Å²) in [7, 11) is 1.66. The minimum Gasteiger partial charge on any atom is -0.497 e. The second-order valence-electron chi connectivity index (χ2n) is 5.77. The van der Waals surface area contributed by atoms with Gasteiger partial charge in [0.1, 0.15) is 17.6 Å². The maximum atomic E-state index is 6.34. The first-order valence-electron chi connectivity index (χ1n) is 7.25. The Morgan fingerprint density at radius 1 is 1.10 bits per heavy atom. The van der Waals surface area contributed by atoms with Crippen LogP contribution in [0.15, 0.2) is 36.4 Å². The highest BCUT2D eigenvalue weighted by molar-refractivity contribution is 5.44. The van der Waals surface area contributed by atoms with E-state index in [-0.39, 0.29) is 12.1 Å². The van der Waals surface area contributed by atoms with Gasteiger partial charge in [0.05, 0.1) is 7.11 Å². The molecular weight excluding hydrogens is 262 g/mol. The monoisotopic (exact) mass is 283 g/mol. The SMILES string of the molecule is COc1ccc2c(c1)[C@H](N)CC(c1cc(C)cc(C)c1)O2. The van der Waals surface area contributed by atoms with Crippen molar-refractivity contribution in [1.29, 1.82) is 0 Å². The molecule has 2 aromatic carbocycles. The zero-order valence-corrected chi connectivity index (χ0v) is 12.7. The van der Waals surface area contributed by atoms with Crippen molar-refractivity contribution in [1.82, 2.24) is 0 Å². The van der Waals surface area contributed by atoms with Gasteiger partial charge in [-0.1, -0.05) is 29.3 Å². The third-order valence-electron chi connectivity index (χ3n) is 3.97. The van der Waals surface area contributed by atoms with E-state index in [4.69, 9.17) is 15.2 Å². The number of hydrogen-bond donors (Lipinski definition) is 1. The Hall–Kier alpha value is -2.00. The minimum atomic E-state index is -0.0327. The molecule has 0 spiro atoms. The molecule has 21 heavy (non-hydrogen) atoms. The summed E-state index contributed by atoms with van der Waals surface area (Å²) in [6.45, 7) is 4.22. The lowest BCUT2D eigenvalue weighted by Gasteiger charge is -2.31. The van der Waals surface area contributed by atoms with Crippen LogP contribution in [0.1, 0.15) is 40.8 Å². The van der Waals surface area contributed by atoms with E-state index < -0.39 is 0 Å². The number of nitrogens with two attached hydrogens (primary N) is 1. The zero-order valence-electron chi connectivity index (χ0n) is 12.7. The minimum absolute atomic E-state index is 0.0134. The summed E-state index contributed by atoms with van der Waals surface area (Å²) in [6.07, 6.45) is 0.794. The molecule has 0 bridgehead atoms. The Morgan fingerprint density at radius 2 is 1.81 bits per heavy atom. The van der Waals surface area contributed by atoms with Gasteiger partial charge in [-0.3, -0.25) is 0 Å². The Kier molecular flexibility index (Phi) is 3.60. The molecule has 0 saturated heterocycles. The standard InChI is InChI=1S/C18H21NO2/c1-11-6-12(2)8-13(7-11)18-10-16(19)15-9-14(20-3)4-5-17(15)21-18/h4-9,16,18H,10,19H2,1-3H3/t16-,18?/m1/s1. The quantitative estimate of drug-likeness (QED) is 0.911. The van der Waals surface area contributed by atoms with Crippen molar-refractivity contribution in [2.75, 3.05) is 7.11 Å². The largest absolute Gasteiger partial charge is 0.497 e. The van der Waals surface area contributed by atoms with Gasteiger partial charge in [0.15, 0.2) is 0 Å². The van der Waals surface area contributed by atoms with Crippen LogP contribution in [0.25, 0.3) is 0 Å². The topological polar surface area (TPSA) is 44.5 Å². The van der Waals surface area contributed by atoms with Crippen molar-refractivity contribution in [3.63, 3.8) is 0 Å². The van der Waals surface area contributed by atoms with Crippen LogP contribution < -0.4 is 15.2 Å². The molecule has 1 heterocycles. The van der Waals surface area contributed by atoms with Gasteiger partial charge in [-0.05, 0) is 37.6 Å². The fourth-order valence-corrected chi connectivity index (χ4v) is 3.01. The van der Waals surface area contributed by atoms with Crippen molar-refractivity contribution in [3.8, 4) is 11.5 Å². The molecule has 110 valence electrons. The number of hydrogen-bond acceptors (Lipinski definition) is 3. The van der Waals surface area contributed by atoms with Gasteiger partial charge in [0.25, 0.3) is 0 Å². The second kappa shape index (κ2) is 5.41. The van der Waals surface area contributed by atoms with E-state index in [1.807, 2.05) is 18.2 Å². The van der Waals surface area contributed by atoms with Gasteiger partial charge in [0.2, 0.25) is 0 Å². The molecule has 1 aliphatic heterocycles. The first-order valence-corrected chi connectivity index (χ1v) is 7.25. The Labute approximate surface area is 125 Å². The van der Waals surface area contributed by atoms with Crippen LogP contribution in [-0.2, 0) is 0 Å². The maximum absolute atomic E-state index is 6.34.